The van der Waals surface area contributed by atoms with Gasteiger partial charge >= 0.3 is 0 Å². The maximum Gasteiger partial charge on any atom is 0.129 e. The van der Waals surface area contributed by atoms with E-state index in [2.05, 4.69) is 28.5 Å². The molecule has 1 aromatic heterocycles. The Hall–Kier alpha value is -3.38. The highest BCUT2D eigenvalue weighted by molar-refractivity contribution is 6.01. The van der Waals surface area contributed by atoms with Gasteiger partial charge in [-0.2, -0.15) is 0 Å². The summed E-state index contributed by atoms with van der Waals surface area (Å²) in [5.41, 5.74) is 5.96. The van der Waals surface area contributed by atoms with E-state index < -0.39 is 0 Å². The summed E-state index contributed by atoms with van der Waals surface area (Å²) < 4.78 is 13.9. The molecule has 0 radical (unpaired) electrons. The van der Waals surface area contributed by atoms with Gasteiger partial charge in [0.05, 0.1) is 35.5 Å². The number of nitrogens with zero attached hydrogens (tertiary/aromatic N) is 2. The molecule has 2 aromatic carbocycles. The predicted molar refractivity (Wildman–Crippen MR) is 121 cm³/mol. The van der Waals surface area contributed by atoms with Gasteiger partial charge < -0.3 is 24.8 Å². The van der Waals surface area contributed by atoms with Crippen LogP contribution in [0.3, 0.4) is 0 Å². The van der Waals surface area contributed by atoms with Crippen LogP contribution in [0.2, 0.25) is 0 Å². The summed E-state index contributed by atoms with van der Waals surface area (Å²) >= 11 is 0. The van der Waals surface area contributed by atoms with Crippen LogP contribution >= 0.6 is 0 Å². The van der Waals surface area contributed by atoms with Crippen molar-refractivity contribution in [1.29, 1.82) is 5.41 Å². The van der Waals surface area contributed by atoms with E-state index in [1.807, 2.05) is 55.5 Å². The normalized spacial score (nSPS) is 15.0. The Kier molecular flexibility index (Phi) is 5.42. The number of anilines is 1. The molecule has 0 bridgehead atoms. The molecule has 0 saturated heterocycles. The van der Waals surface area contributed by atoms with Gasteiger partial charge in [0.2, 0.25) is 0 Å². The molecule has 3 aromatic rings. The molecular weight excluding hydrogens is 376 g/mol. The highest BCUT2D eigenvalue weighted by atomic mass is 16.5. The number of fused-ring (bicyclic) bond motifs is 1. The van der Waals surface area contributed by atoms with E-state index in [-0.39, 0.29) is 6.10 Å². The molecule has 1 atom stereocenters. The lowest BCUT2D eigenvalue weighted by molar-refractivity contribution is 0.0777. The van der Waals surface area contributed by atoms with Gasteiger partial charge in [-0.1, -0.05) is 6.07 Å². The smallest absolute Gasteiger partial charge is 0.129 e. The van der Waals surface area contributed by atoms with E-state index in [1.165, 1.54) is 0 Å². The number of aliphatic imine (C=N–C) groups is 1. The Balaban J connectivity index is 1.68. The maximum absolute atomic E-state index is 8.31. The number of hydrogen-bond donors (Lipinski definition) is 2. The number of aromatic nitrogens is 1. The van der Waals surface area contributed by atoms with Crippen molar-refractivity contribution < 1.29 is 9.47 Å². The van der Waals surface area contributed by atoms with Gasteiger partial charge in [-0.15, -0.1) is 0 Å². The Labute approximate surface area is 176 Å². The second-order valence-electron chi connectivity index (χ2n) is 7.28. The van der Waals surface area contributed by atoms with Crippen LogP contribution in [0, 0.1) is 5.41 Å². The third-order valence-corrected chi connectivity index (χ3v) is 5.22. The molecule has 1 aliphatic rings. The van der Waals surface area contributed by atoms with Crippen molar-refractivity contribution in [3.05, 3.63) is 65.5 Å². The first kappa shape index (κ1) is 19.9. The van der Waals surface area contributed by atoms with Gasteiger partial charge in [-0.05, 0) is 63.9 Å². The fourth-order valence-corrected chi connectivity index (χ4v) is 3.95. The number of hydrogen-bond acceptors (Lipinski definition) is 5. The second-order valence-corrected chi connectivity index (χ2v) is 7.28. The molecule has 30 heavy (non-hydrogen) atoms. The van der Waals surface area contributed by atoms with Crippen LogP contribution < -0.4 is 10.1 Å². The van der Waals surface area contributed by atoms with Crippen molar-refractivity contribution >= 4 is 23.8 Å². The zero-order valence-electron chi connectivity index (χ0n) is 17.5. The molecule has 0 amide bonds. The molecule has 0 fully saturated rings. The number of rotatable bonds is 7. The standard InChI is InChI=1S/C24H26N4O2/c1-5-27-17-7-6-8-20(13-17)30-19-11-9-18(10-12-19)28-21-14-29-16(3)22(21)23(26-4)24(28)15(2)25/h6-13,16,25,27H,4-5,14H2,1-3H3. The molecule has 0 saturated carbocycles. The largest absolute Gasteiger partial charge is 0.457 e. The van der Waals surface area contributed by atoms with E-state index >= 15 is 0 Å². The fourth-order valence-electron chi connectivity index (χ4n) is 3.95. The summed E-state index contributed by atoms with van der Waals surface area (Å²) in [6.07, 6.45) is -0.0635. The SMILES string of the molecule is C=Nc1c2c(n(-c3ccc(Oc4cccc(NCC)c4)cc3)c1C(C)=N)COC2C. The van der Waals surface area contributed by atoms with Crippen molar-refractivity contribution in [3.63, 3.8) is 0 Å². The number of ether oxygens (including phenoxy) is 2. The van der Waals surface area contributed by atoms with E-state index in [0.29, 0.717) is 12.3 Å². The first-order valence-electron chi connectivity index (χ1n) is 10.1. The Morgan fingerprint density at radius 1 is 1.27 bits per heavy atom. The van der Waals surface area contributed by atoms with E-state index in [9.17, 15) is 0 Å². The van der Waals surface area contributed by atoms with Gasteiger partial charge in [0.25, 0.3) is 0 Å². The van der Waals surface area contributed by atoms with Crippen molar-refractivity contribution in [2.24, 2.45) is 4.99 Å². The lowest BCUT2D eigenvalue weighted by Crippen LogP contribution is -2.08. The monoisotopic (exact) mass is 402 g/mol. The van der Waals surface area contributed by atoms with Crippen LogP contribution in [0.1, 0.15) is 43.8 Å². The van der Waals surface area contributed by atoms with E-state index in [0.717, 1.165) is 52.1 Å². The summed E-state index contributed by atoms with van der Waals surface area (Å²) in [5, 5.41) is 11.6. The molecule has 0 aliphatic carbocycles. The van der Waals surface area contributed by atoms with Crippen molar-refractivity contribution in [2.45, 2.75) is 33.5 Å². The third-order valence-electron chi connectivity index (χ3n) is 5.22. The molecule has 154 valence electrons. The highest BCUT2D eigenvalue weighted by Crippen LogP contribution is 2.43. The van der Waals surface area contributed by atoms with Crippen molar-refractivity contribution in [2.75, 3.05) is 11.9 Å². The van der Waals surface area contributed by atoms with Gasteiger partial charge in [-0.3, -0.25) is 4.99 Å². The van der Waals surface area contributed by atoms with Gasteiger partial charge in [0, 0.05) is 29.5 Å². The molecule has 6 nitrogen and oxygen atoms in total. The first-order valence-corrected chi connectivity index (χ1v) is 10.1. The molecular formula is C24H26N4O2. The average Bonchev–Trinajstić information content (AvgIpc) is 3.27. The summed E-state index contributed by atoms with van der Waals surface area (Å²) in [4.78, 5) is 4.23. The van der Waals surface area contributed by atoms with Crippen LogP contribution in [0.5, 0.6) is 11.5 Å². The van der Waals surface area contributed by atoms with E-state index in [4.69, 9.17) is 14.9 Å². The topological polar surface area (TPSA) is 71.6 Å². The van der Waals surface area contributed by atoms with E-state index in [1.54, 1.807) is 6.92 Å². The third kappa shape index (κ3) is 3.50. The lowest BCUT2D eigenvalue weighted by Gasteiger charge is -2.14. The first-order chi connectivity index (χ1) is 14.5. The van der Waals surface area contributed by atoms with Gasteiger partial charge in [-0.25, -0.2) is 0 Å². The minimum Gasteiger partial charge on any atom is -0.457 e. The van der Waals surface area contributed by atoms with Gasteiger partial charge in [0.1, 0.15) is 11.5 Å². The average molecular weight is 402 g/mol. The Morgan fingerprint density at radius 3 is 2.70 bits per heavy atom. The van der Waals surface area contributed by atoms with Crippen LogP contribution in [-0.4, -0.2) is 23.5 Å². The molecule has 0 spiro atoms. The summed E-state index contributed by atoms with van der Waals surface area (Å²) in [7, 11) is 0. The highest BCUT2D eigenvalue weighted by Gasteiger charge is 2.32. The molecule has 1 aliphatic heterocycles. The number of benzene rings is 2. The number of nitrogens with one attached hydrogen (secondary N) is 2. The zero-order valence-corrected chi connectivity index (χ0v) is 17.5. The molecule has 2 heterocycles. The lowest BCUT2D eigenvalue weighted by atomic mass is 10.1. The Morgan fingerprint density at radius 2 is 2.03 bits per heavy atom. The summed E-state index contributed by atoms with van der Waals surface area (Å²) in [6.45, 7) is 10.9. The van der Waals surface area contributed by atoms with Crippen LogP contribution in [0.25, 0.3) is 5.69 Å². The molecule has 1 unspecified atom stereocenters. The maximum atomic E-state index is 8.31. The van der Waals surface area contributed by atoms with Crippen LogP contribution in [-0.2, 0) is 11.3 Å². The predicted octanol–water partition coefficient (Wildman–Crippen LogP) is 6.01. The van der Waals surface area contributed by atoms with Gasteiger partial charge in [0.15, 0.2) is 0 Å². The zero-order chi connectivity index (χ0) is 21.3. The fraction of sp³-hybridized carbons (Fsp3) is 0.250. The second kappa shape index (κ2) is 8.16. The summed E-state index contributed by atoms with van der Waals surface area (Å²) in [6, 6.07) is 15.8. The van der Waals surface area contributed by atoms with Crippen LogP contribution in [0.15, 0.2) is 53.5 Å². The van der Waals surface area contributed by atoms with Crippen LogP contribution in [0.4, 0.5) is 11.4 Å². The van der Waals surface area contributed by atoms with Crippen molar-refractivity contribution in [1.82, 2.24) is 4.57 Å². The molecule has 4 rings (SSSR count). The van der Waals surface area contributed by atoms with Crippen molar-refractivity contribution in [3.8, 4) is 17.2 Å². The Bertz CT molecular complexity index is 1100. The molecule has 6 heteroatoms. The minimum absolute atomic E-state index is 0.0635. The minimum atomic E-state index is -0.0635. The molecule has 2 N–H and O–H groups in total. The summed E-state index contributed by atoms with van der Waals surface area (Å²) in [5.74, 6) is 1.52. The quantitative estimate of drug-likeness (QED) is 0.475.